The number of hydrogen-bond donors (Lipinski definition) is 3. The zero-order valence-corrected chi connectivity index (χ0v) is 15.8. The number of aromatic nitrogens is 2. The molecule has 2 rings (SSSR count). The third-order valence-corrected chi connectivity index (χ3v) is 4.09. The summed E-state index contributed by atoms with van der Waals surface area (Å²) in [6.45, 7) is 8.61. The number of hydrogen-bond acceptors (Lipinski definition) is 4. The van der Waals surface area contributed by atoms with Gasteiger partial charge in [-0.1, -0.05) is 39.8 Å². The fourth-order valence-electron chi connectivity index (χ4n) is 2.74. The minimum atomic E-state index is -0.400. The molecule has 0 radical (unpaired) electrons. The molecule has 0 aliphatic rings. The third-order valence-electron chi connectivity index (χ3n) is 4.09. The standard InChI is InChI=1S/C19H28N4O3/c1-12(2)11-14(13(3)4)17(24)26-10-9-20-19(25)23-18-21-15-7-5-6-8-16(15)22-18/h5-8,12-14H,9-11H2,1-4H3,(H3,20,21,22,23,25). The number of amides is 2. The molecule has 0 saturated heterocycles. The van der Waals surface area contributed by atoms with E-state index in [1.54, 1.807) is 0 Å². The second kappa shape index (κ2) is 9.22. The van der Waals surface area contributed by atoms with Crippen molar-refractivity contribution in [1.82, 2.24) is 15.3 Å². The summed E-state index contributed by atoms with van der Waals surface area (Å²) in [5.74, 6) is 0.724. The molecule has 26 heavy (non-hydrogen) atoms. The van der Waals surface area contributed by atoms with Crippen molar-refractivity contribution in [2.24, 2.45) is 17.8 Å². The Kier molecular flexibility index (Phi) is 7.00. The predicted octanol–water partition coefficient (Wildman–Crippen LogP) is 3.55. The summed E-state index contributed by atoms with van der Waals surface area (Å²) in [5, 5.41) is 5.28. The first-order valence-corrected chi connectivity index (χ1v) is 9.03. The maximum Gasteiger partial charge on any atom is 0.321 e. The summed E-state index contributed by atoms with van der Waals surface area (Å²) < 4.78 is 5.31. The van der Waals surface area contributed by atoms with Crippen molar-refractivity contribution < 1.29 is 14.3 Å². The van der Waals surface area contributed by atoms with Crippen LogP contribution in [0.5, 0.6) is 0 Å². The second-order valence-electron chi connectivity index (χ2n) is 7.13. The highest BCUT2D eigenvalue weighted by molar-refractivity contribution is 5.89. The van der Waals surface area contributed by atoms with Gasteiger partial charge >= 0.3 is 12.0 Å². The lowest BCUT2D eigenvalue weighted by molar-refractivity contribution is -0.150. The Bertz CT molecular complexity index is 706. The molecule has 1 atom stereocenters. The fourth-order valence-corrected chi connectivity index (χ4v) is 2.74. The van der Waals surface area contributed by atoms with E-state index in [1.165, 1.54) is 0 Å². The van der Waals surface area contributed by atoms with E-state index in [0.29, 0.717) is 11.9 Å². The third kappa shape index (κ3) is 5.75. The van der Waals surface area contributed by atoms with Gasteiger partial charge in [0.15, 0.2) is 0 Å². The number of benzene rings is 1. The first-order valence-electron chi connectivity index (χ1n) is 9.03. The van der Waals surface area contributed by atoms with Gasteiger partial charge in [-0.05, 0) is 30.4 Å². The van der Waals surface area contributed by atoms with Crippen molar-refractivity contribution in [3.63, 3.8) is 0 Å². The van der Waals surface area contributed by atoms with E-state index < -0.39 is 6.03 Å². The van der Waals surface area contributed by atoms with Crippen LogP contribution >= 0.6 is 0 Å². The quantitative estimate of drug-likeness (QED) is 0.495. The molecule has 0 fully saturated rings. The molecule has 0 aliphatic carbocycles. The van der Waals surface area contributed by atoms with Crippen molar-refractivity contribution in [3.05, 3.63) is 24.3 Å². The van der Waals surface area contributed by atoms with Gasteiger partial charge in [0.05, 0.1) is 23.5 Å². The lowest BCUT2D eigenvalue weighted by atomic mass is 9.88. The number of H-pyrrole nitrogens is 1. The molecule has 7 nitrogen and oxygen atoms in total. The lowest BCUT2D eigenvalue weighted by Crippen LogP contribution is -2.33. The lowest BCUT2D eigenvalue weighted by Gasteiger charge is -2.21. The molecule has 7 heteroatoms. The number of carbonyl (C=O) groups excluding carboxylic acids is 2. The second-order valence-corrected chi connectivity index (χ2v) is 7.13. The predicted molar refractivity (Wildman–Crippen MR) is 102 cm³/mol. The number of carbonyl (C=O) groups is 2. The maximum atomic E-state index is 12.2. The van der Waals surface area contributed by atoms with E-state index in [-0.39, 0.29) is 31.0 Å². The van der Waals surface area contributed by atoms with Gasteiger partial charge in [0.1, 0.15) is 6.61 Å². The molecule has 2 amide bonds. The van der Waals surface area contributed by atoms with E-state index in [0.717, 1.165) is 17.5 Å². The number of fused-ring (bicyclic) bond motifs is 1. The molecule has 0 saturated carbocycles. The van der Waals surface area contributed by atoms with Crippen molar-refractivity contribution in [1.29, 1.82) is 0 Å². The highest BCUT2D eigenvalue weighted by Gasteiger charge is 2.24. The number of para-hydroxylation sites is 2. The number of imidazole rings is 1. The number of rotatable bonds is 8. The Morgan fingerprint density at radius 3 is 2.58 bits per heavy atom. The minimum absolute atomic E-state index is 0.112. The zero-order chi connectivity index (χ0) is 19.1. The number of aromatic amines is 1. The maximum absolute atomic E-state index is 12.2. The molecule has 1 aromatic heterocycles. The monoisotopic (exact) mass is 360 g/mol. The largest absolute Gasteiger partial charge is 0.464 e. The average Bonchev–Trinajstić information content (AvgIpc) is 2.98. The van der Waals surface area contributed by atoms with E-state index >= 15 is 0 Å². The van der Waals surface area contributed by atoms with Crippen molar-refractivity contribution in [2.75, 3.05) is 18.5 Å². The highest BCUT2D eigenvalue weighted by Crippen LogP contribution is 2.21. The van der Waals surface area contributed by atoms with Gasteiger partial charge < -0.3 is 15.0 Å². The van der Waals surface area contributed by atoms with Crippen LogP contribution in [0.4, 0.5) is 10.7 Å². The van der Waals surface area contributed by atoms with Crippen molar-refractivity contribution in [2.45, 2.75) is 34.1 Å². The van der Waals surface area contributed by atoms with E-state index in [1.807, 2.05) is 38.1 Å². The Labute approximate surface area is 153 Å². The highest BCUT2D eigenvalue weighted by atomic mass is 16.5. The summed E-state index contributed by atoms with van der Waals surface area (Å²) in [7, 11) is 0. The van der Waals surface area contributed by atoms with Gasteiger partial charge in [0.2, 0.25) is 5.95 Å². The van der Waals surface area contributed by atoms with Crippen LogP contribution in [-0.2, 0) is 9.53 Å². The Hall–Kier alpha value is -2.57. The van der Waals surface area contributed by atoms with Gasteiger partial charge in [-0.2, -0.15) is 0 Å². The van der Waals surface area contributed by atoms with Crippen LogP contribution in [0.15, 0.2) is 24.3 Å². The SMILES string of the molecule is CC(C)CC(C(=O)OCCNC(=O)Nc1nc2ccccc2[nH]1)C(C)C. The minimum Gasteiger partial charge on any atom is -0.464 e. The number of nitrogens with zero attached hydrogens (tertiary/aromatic N) is 1. The molecular formula is C19H28N4O3. The van der Waals surface area contributed by atoms with Gasteiger partial charge in [-0.25, -0.2) is 9.78 Å². The summed E-state index contributed by atoms with van der Waals surface area (Å²) in [4.78, 5) is 31.4. The van der Waals surface area contributed by atoms with E-state index in [4.69, 9.17) is 4.74 Å². The molecule has 1 aromatic carbocycles. The number of anilines is 1. The molecule has 0 aliphatic heterocycles. The van der Waals surface area contributed by atoms with Crippen LogP contribution < -0.4 is 10.6 Å². The van der Waals surface area contributed by atoms with Crippen LogP contribution in [0, 0.1) is 17.8 Å². The number of nitrogens with one attached hydrogen (secondary N) is 3. The number of ether oxygens (including phenoxy) is 1. The topological polar surface area (TPSA) is 96.1 Å². The van der Waals surface area contributed by atoms with Crippen LogP contribution in [0.25, 0.3) is 11.0 Å². The molecule has 1 unspecified atom stereocenters. The molecule has 0 bridgehead atoms. The van der Waals surface area contributed by atoms with Crippen LogP contribution in [0.2, 0.25) is 0 Å². The normalized spacial score (nSPS) is 12.4. The van der Waals surface area contributed by atoms with Crippen molar-refractivity contribution >= 4 is 29.0 Å². The zero-order valence-electron chi connectivity index (χ0n) is 15.8. The fraction of sp³-hybridized carbons (Fsp3) is 0.526. The molecule has 3 N–H and O–H groups in total. The van der Waals surface area contributed by atoms with Gasteiger partial charge in [-0.3, -0.25) is 10.1 Å². The van der Waals surface area contributed by atoms with Crippen LogP contribution in [0.3, 0.4) is 0 Å². The number of urea groups is 1. The summed E-state index contributed by atoms with van der Waals surface area (Å²) >= 11 is 0. The Balaban J connectivity index is 1.73. The first-order chi connectivity index (χ1) is 12.4. The van der Waals surface area contributed by atoms with Gasteiger partial charge in [0, 0.05) is 0 Å². The summed E-state index contributed by atoms with van der Waals surface area (Å²) in [6.07, 6.45) is 0.802. The van der Waals surface area contributed by atoms with Gasteiger partial charge in [0.25, 0.3) is 0 Å². The van der Waals surface area contributed by atoms with E-state index in [2.05, 4.69) is 34.4 Å². The van der Waals surface area contributed by atoms with Crippen molar-refractivity contribution in [3.8, 4) is 0 Å². The Morgan fingerprint density at radius 2 is 1.92 bits per heavy atom. The van der Waals surface area contributed by atoms with Crippen LogP contribution in [0.1, 0.15) is 34.1 Å². The number of esters is 1. The Morgan fingerprint density at radius 1 is 1.19 bits per heavy atom. The molecular weight excluding hydrogens is 332 g/mol. The summed E-state index contributed by atoms with van der Waals surface area (Å²) in [5.41, 5.74) is 1.63. The molecule has 2 aromatic rings. The van der Waals surface area contributed by atoms with E-state index in [9.17, 15) is 9.59 Å². The molecule has 142 valence electrons. The average molecular weight is 360 g/mol. The van der Waals surface area contributed by atoms with Gasteiger partial charge in [-0.15, -0.1) is 0 Å². The summed E-state index contributed by atoms with van der Waals surface area (Å²) in [6, 6.07) is 7.11. The first kappa shape index (κ1) is 19.8. The molecule has 1 heterocycles. The smallest absolute Gasteiger partial charge is 0.321 e. The van der Waals surface area contributed by atoms with Crippen LogP contribution in [-0.4, -0.2) is 35.1 Å². The molecule has 0 spiro atoms.